The zero-order chi connectivity index (χ0) is 20.6. The summed E-state index contributed by atoms with van der Waals surface area (Å²) in [4.78, 5) is 24.3. The number of amidine groups is 1. The van der Waals surface area contributed by atoms with Gasteiger partial charge in [-0.25, -0.2) is 0 Å². The lowest BCUT2D eigenvalue weighted by molar-refractivity contribution is -0.122. The molecule has 0 spiro atoms. The molecule has 3 rings (SSSR count). The Morgan fingerprint density at radius 3 is 2.62 bits per heavy atom. The van der Waals surface area contributed by atoms with Gasteiger partial charge in [-0.1, -0.05) is 29.5 Å². The van der Waals surface area contributed by atoms with E-state index in [1.165, 1.54) is 11.8 Å². The van der Waals surface area contributed by atoms with Crippen LogP contribution in [0.25, 0.3) is 0 Å². The lowest BCUT2D eigenvalue weighted by Gasteiger charge is -2.07. The molecule has 2 aromatic rings. The van der Waals surface area contributed by atoms with Crippen molar-refractivity contribution in [3.05, 3.63) is 59.7 Å². The summed E-state index contributed by atoms with van der Waals surface area (Å²) in [5.74, 6) is 0.325. The highest BCUT2D eigenvalue weighted by molar-refractivity contribution is 8.15. The first-order valence-corrected chi connectivity index (χ1v) is 10.1. The number of thioether (sulfide) groups is 1. The van der Waals surface area contributed by atoms with E-state index in [0.29, 0.717) is 17.5 Å². The number of carbonyl (C=O) groups excluding carboxylic acids is 2. The molecular formula is C21H22N4O3S. The summed E-state index contributed by atoms with van der Waals surface area (Å²) in [5, 5.41) is 13.3. The monoisotopic (exact) mass is 410 g/mol. The molecule has 2 aromatic carbocycles. The molecule has 2 amide bonds. The van der Waals surface area contributed by atoms with Crippen molar-refractivity contribution in [1.82, 2.24) is 5.32 Å². The van der Waals surface area contributed by atoms with Gasteiger partial charge in [-0.05, 0) is 55.8 Å². The number of nitrogens with zero attached hydrogens (tertiary/aromatic N) is 2. The number of carbonyl (C=O) groups is 2. The summed E-state index contributed by atoms with van der Waals surface area (Å²) < 4.78 is 5.39. The second-order valence-electron chi connectivity index (χ2n) is 6.37. The van der Waals surface area contributed by atoms with Gasteiger partial charge >= 0.3 is 0 Å². The van der Waals surface area contributed by atoms with Gasteiger partial charge < -0.3 is 15.4 Å². The van der Waals surface area contributed by atoms with Crippen LogP contribution in [0.15, 0.2) is 58.7 Å². The van der Waals surface area contributed by atoms with Crippen molar-refractivity contribution in [2.45, 2.75) is 25.5 Å². The van der Waals surface area contributed by atoms with Crippen LogP contribution in [0.4, 0.5) is 5.69 Å². The van der Waals surface area contributed by atoms with Gasteiger partial charge in [-0.2, -0.15) is 5.10 Å². The number of hydrogen-bond donors (Lipinski definition) is 2. The van der Waals surface area contributed by atoms with Gasteiger partial charge in [-0.15, -0.1) is 5.10 Å². The first-order valence-electron chi connectivity index (χ1n) is 9.21. The van der Waals surface area contributed by atoms with E-state index in [1.807, 2.05) is 62.4 Å². The smallest absolute Gasteiger partial charge is 0.240 e. The van der Waals surface area contributed by atoms with E-state index in [9.17, 15) is 9.59 Å². The van der Waals surface area contributed by atoms with Gasteiger partial charge in [0, 0.05) is 12.1 Å². The van der Waals surface area contributed by atoms with Crippen LogP contribution in [0.1, 0.15) is 24.5 Å². The third-order valence-corrected chi connectivity index (χ3v) is 5.10. The maximum absolute atomic E-state index is 12.2. The van der Waals surface area contributed by atoms with E-state index >= 15 is 0 Å². The van der Waals surface area contributed by atoms with Crippen LogP contribution in [-0.4, -0.2) is 35.1 Å². The molecule has 1 heterocycles. The van der Waals surface area contributed by atoms with E-state index in [4.69, 9.17) is 4.74 Å². The third-order valence-electron chi connectivity index (χ3n) is 4.03. The molecule has 0 radical (unpaired) electrons. The van der Waals surface area contributed by atoms with E-state index in [-0.39, 0.29) is 18.2 Å². The first kappa shape index (κ1) is 20.6. The molecule has 1 saturated heterocycles. The molecular weight excluding hydrogens is 388 g/mol. The average Bonchev–Trinajstić information content (AvgIpc) is 3.04. The van der Waals surface area contributed by atoms with Crippen LogP contribution in [-0.2, 0) is 9.59 Å². The lowest BCUT2D eigenvalue weighted by Crippen LogP contribution is -2.28. The summed E-state index contributed by atoms with van der Waals surface area (Å²) in [7, 11) is 0. The second-order valence-corrected chi connectivity index (χ2v) is 7.56. The third kappa shape index (κ3) is 6.18. The number of anilines is 1. The molecule has 0 bridgehead atoms. The quantitative estimate of drug-likeness (QED) is 0.541. The number of ether oxygens (including phenoxy) is 1. The predicted molar refractivity (Wildman–Crippen MR) is 117 cm³/mol. The maximum atomic E-state index is 12.2. The highest BCUT2D eigenvalue weighted by atomic mass is 32.2. The van der Waals surface area contributed by atoms with E-state index in [1.54, 1.807) is 6.21 Å². The number of nitrogens with one attached hydrogen (secondary N) is 2. The molecule has 1 unspecified atom stereocenters. The van der Waals surface area contributed by atoms with Crippen molar-refractivity contribution in [1.29, 1.82) is 0 Å². The minimum absolute atomic E-state index is 0.0615. The normalized spacial score (nSPS) is 17.5. The number of aryl methyl sites for hydroxylation is 1. The number of hydrogen-bond acceptors (Lipinski definition) is 6. The van der Waals surface area contributed by atoms with E-state index in [0.717, 1.165) is 16.9 Å². The predicted octanol–water partition coefficient (Wildman–Crippen LogP) is 3.34. The SMILES string of the molecule is CCOc1ccc(/C=N/N=C2\NC(=O)C(CC(=O)Nc3ccc(C)cc3)S2)cc1. The summed E-state index contributed by atoms with van der Waals surface area (Å²) in [5.41, 5.74) is 2.68. The lowest BCUT2D eigenvalue weighted by atomic mass is 10.2. The summed E-state index contributed by atoms with van der Waals surface area (Å²) in [6.45, 7) is 4.52. The van der Waals surface area contributed by atoms with Crippen LogP contribution < -0.4 is 15.4 Å². The number of amides is 2. The van der Waals surface area contributed by atoms with Gasteiger partial charge in [0.05, 0.1) is 12.8 Å². The Bertz CT molecular complexity index is 924. The Balaban J connectivity index is 1.52. The molecule has 0 aromatic heterocycles. The topological polar surface area (TPSA) is 92.2 Å². The number of benzene rings is 2. The van der Waals surface area contributed by atoms with Crippen molar-refractivity contribution in [3.8, 4) is 5.75 Å². The summed E-state index contributed by atoms with van der Waals surface area (Å²) >= 11 is 1.20. The van der Waals surface area contributed by atoms with Crippen molar-refractivity contribution >= 4 is 40.6 Å². The molecule has 7 nitrogen and oxygen atoms in total. The van der Waals surface area contributed by atoms with Gasteiger partial charge in [-0.3, -0.25) is 9.59 Å². The molecule has 0 aliphatic carbocycles. The molecule has 1 fully saturated rings. The minimum Gasteiger partial charge on any atom is -0.494 e. The highest BCUT2D eigenvalue weighted by Crippen LogP contribution is 2.23. The largest absolute Gasteiger partial charge is 0.494 e. The van der Waals surface area contributed by atoms with Gasteiger partial charge in [0.15, 0.2) is 5.17 Å². The standard InChI is InChI=1S/C21H22N4O3S/c1-3-28-17-10-6-15(7-11-17)13-22-25-21-24-20(27)18(29-21)12-19(26)23-16-8-4-14(2)5-9-16/h4-11,13,18H,3,12H2,1-2H3,(H,23,26)(H,24,25,27)/b22-13+. The van der Waals surface area contributed by atoms with Crippen LogP contribution >= 0.6 is 11.8 Å². The molecule has 0 saturated carbocycles. The molecule has 1 aliphatic heterocycles. The van der Waals surface area contributed by atoms with Crippen LogP contribution in [0, 0.1) is 6.92 Å². The Kier molecular flexibility index (Phi) is 7.02. The van der Waals surface area contributed by atoms with Crippen LogP contribution in [0.5, 0.6) is 5.75 Å². The molecule has 1 atom stereocenters. The maximum Gasteiger partial charge on any atom is 0.240 e. The van der Waals surface area contributed by atoms with Crippen LogP contribution in [0.3, 0.4) is 0 Å². The Morgan fingerprint density at radius 2 is 1.93 bits per heavy atom. The zero-order valence-electron chi connectivity index (χ0n) is 16.2. The van der Waals surface area contributed by atoms with Crippen molar-refractivity contribution < 1.29 is 14.3 Å². The molecule has 2 N–H and O–H groups in total. The van der Waals surface area contributed by atoms with Gasteiger partial charge in [0.25, 0.3) is 0 Å². The summed E-state index contributed by atoms with van der Waals surface area (Å²) in [6, 6.07) is 14.9. The Hall–Kier alpha value is -3.13. The summed E-state index contributed by atoms with van der Waals surface area (Å²) in [6.07, 6.45) is 1.65. The van der Waals surface area contributed by atoms with Gasteiger partial charge in [0.2, 0.25) is 11.8 Å². The van der Waals surface area contributed by atoms with Crippen molar-refractivity contribution in [2.24, 2.45) is 10.2 Å². The zero-order valence-corrected chi connectivity index (χ0v) is 17.0. The van der Waals surface area contributed by atoms with Crippen LogP contribution in [0.2, 0.25) is 0 Å². The fourth-order valence-electron chi connectivity index (χ4n) is 2.57. The molecule has 1 aliphatic rings. The Labute approximate surface area is 173 Å². The molecule has 29 heavy (non-hydrogen) atoms. The fraction of sp³-hybridized carbons (Fsp3) is 0.238. The highest BCUT2D eigenvalue weighted by Gasteiger charge is 2.32. The second kappa shape index (κ2) is 9.88. The molecule has 150 valence electrons. The molecule has 8 heteroatoms. The van der Waals surface area contributed by atoms with Gasteiger partial charge in [0.1, 0.15) is 11.0 Å². The van der Waals surface area contributed by atoms with Crippen molar-refractivity contribution in [2.75, 3.05) is 11.9 Å². The van der Waals surface area contributed by atoms with E-state index in [2.05, 4.69) is 20.8 Å². The average molecular weight is 410 g/mol. The van der Waals surface area contributed by atoms with Crippen molar-refractivity contribution in [3.63, 3.8) is 0 Å². The van der Waals surface area contributed by atoms with E-state index < -0.39 is 5.25 Å². The Morgan fingerprint density at radius 1 is 1.21 bits per heavy atom. The number of rotatable bonds is 7. The fourth-order valence-corrected chi connectivity index (χ4v) is 3.49. The first-order chi connectivity index (χ1) is 14.0. The minimum atomic E-state index is -0.528.